The summed E-state index contributed by atoms with van der Waals surface area (Å²) < 4.78 is 0. The van der Waals surface area contributed by atoms with Gasteiger partial charge < -0.3 is 14.4 Å². The third-order valence-electron chi connectivity index (χ3n) is 4.22. The van der Waals surface area contributed by atoms with Gasteiger partial charge in [0.15, 0.2) is 0 Å². The van der Waals surface area contributed by atoms with Gasteiger partial charge in [0.05, 0.1) is 21.1 Å². The zero-order chi connectivity index (χ0) is 16.0. The van der Waals surface area contributed by atoms with E-state index in [1.165, 1.54) is 0 Å². The number of rotatable bonds is 3. The number of nitrogens with zero attached hydrogens (tertiary/aromatic N) is 3. The maximum Gasteiger partial charge on any atom is 0.624 e. The summed E-state index contributed by atoms with van der Waals surface area (Å²) in [5, 5.41) is 2.50. The van der Waals surface area contributed by atoms with Crippen LogP contribution in [0.4, 0.5) is 0 Å². The van der Waals surface area contributed by atoms with Gasteiger partial charge >= 0.3 is 17.3 Å². The summed E-state index contributed by atoms with van der Waals surface area (Å²) in [6.45, 7) is 0. The van der Waals surface area contributed by atoms with E-state index >= 15 is 0 Å². The third-order valence-corrected chi connectivity index (χ3v) is 5.89. The maximum atomic E-state index is 5.59. The second-order valence-electron chi connectivity index (χ2n) is 5.75. The van der Waals surface area contributed by atoms with Gasteiger partial charge in [0.25, 0.3) is 7.12 Å². The van der Waals surface area contributed by atoms with Gasteiger partial charge in [-0.15, -0.1) is 0 Å². The Morgan fingerprint density at radius 1 is 0.818 bits per heavy atom. The number of quaternary nitrogens is 3. The Hall–Kier alpha value is -1.17. The molecule has 22 heavy (non-hydrogen) atoms. The Balaban J connectivity index is 1.97. The van der Waals surface area contributed by atoms with E-state index in [-0.39, 0.29) is 0 Å². The van der Waals surface area contributed by atoms with Crippen molar-refractivity contribution in [2.75, 3.05) is 21.1 Å². The molecule has 3 rings (SSSR count). The van der Waals surface area contributed by atoms with Crippen molar-refractivity contribution < 1.29 is 14.7 Å². The lowest BCUT2D eigenvalue weighted by Gasteiger charge is -2.42. The van der Waals surface area contributed by atoms with Crippen LogP contribution in [0.15, 0.2) is 37.2 Å². The summed E-state index contributed by atoms with van der Waals surface area (Å²) in [5.41, 5.74) is 0. The molecule has 3 unspecified atom stereocenters. The Bertz CT molecular complexity index is 547. The standard InChI is InChI=1S/C12H16BN6S3/c1-14-4-7-17(10(14)20)13(18-8-5-15(2)11(18)21)19-9-6-16(3)12(19)22/h4-9,13H,1-3H3/p+3. The lowest BCUT2D eigenvalue weighted by atomic mass is 9.86. The van der Waals surface area contributed by atoms with Crippen LogP contribution in [0.25, 0.3) is 0 Å². The van der Waals surface area contributed by atoms with Gasteiger partial charge in [-0.25, -0.2) is 4.90 Å². The predicted octanol–water partition coefficient (Wildman–Crippen LogP) is -4.19. The molecule has 0 aliphatic carbocycles. The predicted molar refractivity (Wildman–Crippen MR) is 98.3 cm³/mol. The molecule has 0 bridgehead atoms. The van der Waals surface area contributed by atoms with Crippen molar-refractivity contribution >= 4 is 59.1 Å². The summed E-state index contributed by atoms with van der Waals surface area (Å²) in [5.74, 6) is 0. The second-order valence-corrected chi connectivity index (χ2v) is 6.91. The first-order valence-electron chi connectivity index (χ1n) is 7.12. The van der Waals surface area contributed by atoms with E-state index in [0.717, 1.165) is 30.0 Å². The third kappa shape index (κ3) is 2.41. The molecule has 3 heterocycles. The first-order chi connectivity index (χ1) is 10.4. The van der Waals surface area contributed by atoms with Crippen LogP contribution in [0.5, 0.6) is 0 Å². The number of hydrogen-bond acceptors (Lipinski definition) is 3. The summed E-state index contributed by atoms with van der Waals surface area (Å²) in [6.07, 6.45) is 12.2. The minimum Gasteiger partial charge on any atom is -0.427 e. The highest BCUT2D eigenvalue weighted by molar-refractivity contribution is 7.80. The topological polar surface area (TPSA) is 23.0 Å². The minimum atomic E-state index is -1.24. The highest BCUT2D eigenvalue weighted by Crippen LogP contribution is 2.14. The highest BCUT2D eigenvalue weighted by Gasteiger charge is 2.43. The maximum absolute atomic E-state index is 5.59. The van der Waals surface area contributed by atoms with Gasteiger partial charge in [0.1, 0.15) is 18.6 Å². The van der Waals surface area contributed by atoms with Crippen LogP contribution in [0.3, 0.4) is 0 Å². The molecule has 3 atom stereocenters. The first kappa shape index (κ1) is 15.7. The summed E-state index contributed by atoms with van der Waals surface area (Å²) in [6, 6.07) is 0. The Kier molecular flexibility index (Phi) is 4.14. The van der Waals surface area contributed by atoms with Crippen LogP contribution in [-0.4, -0.2) is 58.0 Å². The van der Waals surface area contributed by atoms with E-state index in [1.54, 1.807) is 0 Å². The quantitative estimate of drug-likeness (QED) is 0.270. The zero-order valence-electron chi connectivity index (χ0n) is 12.7. The van der Waals surface area contributed by atoms with Crippen molar-refractivity contribution in [3.63, 3.8) is 0 Å². The molecule has 0 saturated carbocycles. The summed E-state index contributed by atoms with van der Waals surface area (Å²) in [7, 11) is 4.85. The van der Waals surface area contributed by atoms with Crippen molar-refractivity contribution in [2.45, 2.75) is 0 Å². The normalized spacial score (nSPS) is 32.0. The van der Waals surface area contributed by atoms with Crippen LogP contribution in [0.2, 0.25) is 0 Å². The molecule has 3 N–H and O–H groups in total. The largest absolute Gasteiger partial charge is 0.624 e. The molecule has 115 valence electrons. The fourth-order valence-corrected chi connectivity index (χ4v) is 3.60. The molecule has 0 saturated heterocycles. The summed E-state index contributed by atoms with van der Waals surface area (Å²) >= 11 is 16.8. The number of hydrogen-bond donors (Lipinski definition) is 3. The molecule has 3 aliphatic heterocycles. The van der Waals surface area contributed by atoms with Crippen LogP contribution in [0.1, 0.15) is 0 Å². The van der Waals surface area contributed by atoms with Crippen molar-refractivity contribution in [1.82, 2.24) is 14.4 Å². The Labute approximate surface area is 146 Å². The fraction of sp³-hybridized carbons (Fsp3) is 0.250. The van der Waals surface area contributed by atoms with E-state index in [0.29, 0.717) is 0 Å². The summed E-state index contributed by atoms with van der Waals surface area (Å²) in [4.78, 5) is 9.64. The van der Waals surface area contributed by atoms with Gasteiger partial charge in [-0.1, -0.05) is 0 Å². The average molecular weight is 354 g/mol. The molecule has 0 aromatic heterocycles. The van der Waals surface area contributed by atoms with Gasteiger partial charge in [-0.2, -0.15) is 0 Å². The molecular weight excluding hydrogens is 335 g/mol. The van der Waals surface area contributed by atoms with Crippen LogP contribution < -0.4 is 14.7 Å². The molecule has 0 spiro atoms. The van der Waals surface area contributed by atoms with Crippen molar-refractivity contribution in [3.05, 3.63) is 37.2 Å². The van der Waals surface area contributed by atoms with Crippen LogP contribution >= 0.6 is 24.4 Å². The first-order valence-corrected chi connectivity index (χ1v) is 8.35. The second kappa shape index (κ2) is 5.80. The average Bonchev–Trinajstić information content (AvgIpc) is 3.10. The molecule has 0 aromatic carbocycles. The van der Waals surface area contributed by atoms with Gasteiger partial charge in [-0.3, -0.25) is 9.80 Å². The smallest absolute Gasteiger partial charge is 0.427 e. The molecule has 0 aromatic rings. The molecular formula is C12H19BN6S3+3. The SMILES string of the molecule is C[NH+]1C=CN([BH-](N2C=C[NH+](C)C2=S)N2C=C[NH+](C)C2=[S+])C1=S. The monoisotopic (exact) mass is 354 g/mol. The molecule has 3 aliphatic rings. The van der Waals surface area contributed by atoms with E-state index in [1.807, 2.05) is 58.3 Å². The van der Waals surface area contributed by atoms with Crippen molar-refractivity contribution in [3.8, 4) is 0 Å². The van der Waals surface area contributed by atoms with E-state index in [2.05, 4.69) is 14.4 Å². The van der Waals surface area contributed by atoms with E-state index in [9.17, 15) is 0 Å². The molecule has 0 amide bonds. The minimum absolute atomic E-state index is 0.835. The fourth-order valence-electron chi connectivity index (χ4n) is 2.86. The number of nitrogens with one attached hydrogen (secondary N) is 3. The highest BCUT2D eigenvalue weighted by atomic mass is 32.1. The van der Waals surface area contributed by atoms with Crippen molar-refractivity contribution in [1.29, 1.82) is 0 Å². The van der Waals surface area contributed by atoms with E-state index < -0.39 is 7.12 Å². The van der Waals surface area contributed by atoms with Gasteiger partial charge in [-0.05, 0) is 0 Å². The lowest BCUT2D eigenvalue weighted by Crippen LogP contribution is -3.09. The van der Waals surface area contributed by atoms with Gasteiger partial charge in [0, 0.05) is 43.0 Å². The van der Waals surface area contributed by atoms with Crippen molar-refractivity contribution in [2.24, 2.45) is 0 Å². The molecule has 0 fully saturated rings. The Morgan fingerprint density at radius 2 is 1.23 bits per heavy atom. The molecule has 10 heteroatoms. The Morgan fingerprint density at radius 3 is 1.55 bits per heavy atom. The lowest BCUT2D eigenvalue weighted by molar-refractivity contribution is -0.718. The number of thiocarbonyl (C=S) groups is 3. The van der Waals surface area contributed by atoms with Crippen LogP contribution in [0, 0.1) is 0 Å². The molecule has 1 radical (unpaired) electrons. The van der Waals surface area contributed by atoms with Gasteiger partial charge in [0.2, 0.25) is 10.2 Å². The van der Waals surface area contributed by atoms with Crippen LogP contribution in [-0.2, 0) is 12.2 Å². The van der Waals surface area contributed by atoms with E-state index in [4.69, 9.17) is 36.7 Å². The molecule has 6 nitrogen and oxygen atoms in total. The zero-order valence-corrected chi connectivity index (χ0v) is 15.2.